The fourth-order valence-electron chi connectivity index (χ4n) is 2.59. The number of hydrogen-bond acceptors (Lipinski definition) is 5. The summed E-state index contributed by atoms with van der Waals surface area (Å²) < 4.78 is 1.17. The van der Waals surface area contributed by atoms with Gasteiger partial charge in [0, 0.05) is 12.6 Å². The van der Waals surface area contributed by atoms with Gasteiger partial charge in [0.1, 0.15) is 5.02 Å². The molecule has 0 radical (unpaired) electrons. The van der Waals surface area contributed by atoms with Crippen molar-refractivity contribution in [3.63, 3.8) is 0 Å². The highest BCUT2D eigenvalue weighted by Crippen LogP contribution is 2.17. The molecule has 2 N–H and O–H groups in total. The van der Waals surface area contributed by atoms with Crippen molar-refractivity contribution in [1.29, 1.82) is 0 Å². The smallest absolute Gasteiger partial charge is 0.287 e. The van der Waals surface area contributed by atoms with E-state index in [1.807, 2.05) is 0 Å². The molecule has 0 bridgehead atoms. The highest BCUT2D eigenvalue weighted by molar-refractivity contribution is 6.32. The van der Waals surface area contributed by atoms with Crippen LogP contribution < -0.4 is 10.9 Å². The Bertz CT molecular complexity index is 514. The number of rotatable bonds is 6. The highest BCUT2D eigenvalue weighted by atomic mass is 35.5. The number of nitrogens with zero attached hydrogens (tertiary/aromatic N) is 3. The van der Waals surface area contributed by atoms with Crippen LogP contribution in [0.15, 0.2) is 11.0 Å². The molecule has 1 unspecified atom stereocenters. The Kier molecular flexibility index (Phi) is 6.02. The van der Waals surface area contributed by atoms with E-state index in [1.165, 1.54) is 23.9 Å². The van der Waals surface area contributed by atoms with E-state index in [2.05, 4.69) is 22.2 Å². The summed E-state index contributed by atoms with van der Waals surface area (Å²) in [6, 6.07) is 0.390. The number of aliphatic hydroxyl groups is 1. The van der Waals surface area contributed by atoms with Gasteiger partial charge in [-0.05, 0) is 32.9 Å². The van der Waals surface area contributed by atoms with Gasteiger partial charge in [-0.3, -0.25) is 9.69 Å². The molecule has 2 rings (SSSR count). The van der Waals surface area contributed by atoms with Crippen molar-refractivity contribution in [1.82, 2.24) is 14.7 Å². The van der Waals surface area contributed by atoms with Gasteiger partial charge in [-0.25, -0.2) is 4.68 Å². The monoisotopic (exact) mass is 314 g/mol. The summed E-state index contributed by atoms with van der Waals surface area (Å²) in [4.78, 5) is 14.4. The third kappa shape index (κ3) is 4.18. The summed E-state index contributed by atoms with van der Waals surface area (Å²) in [5, 5.41) is 16.2. The fraction of sp³-hybridized carbons (Fsp3) is 0.714. The minimum atomic E-state index is -0.374. The van der Waals surface area contributed by atoms with E-state index in [0.29, 0.717) is 11.7 Å². The first kappa shape index (κ1) is 16.3. The molecule has 0 saturated carbocycles. The number of hydrogen-bond donors (Lipinski definition) is 2. The largest absolute Gasteiger partial charge is 0.394 e. The van der Waals surface area contributed by atoms with E-state index in [0.717, 1.165) is 19.6 Å². The zero-order valence-corrected chi connectivity index (χ0v) is 13.1. The second kappa shape index (κ2) is 7.77. The number of piperidine rings is 1. The van der Waals surface area contributed by atoms with Crippen LogP contribution in [0.4, 0.5) is 5.69 Å². The van der Waals surface area contributed by atoms with Gasteiger partial charge in [-0.2, -0.15) is 5.10 Å². The summed E-state index contributed by atoms with van der Waals surface area (Å²) in [5.41, 5.74) is 0.182. The van der Waals surface area contributed by atoms with E-state index in [1.54, 1.807) is 6.20 Å². The summed E-state index contributed by atoms with van der Waals surface area (Å²) in [5.74, 6) is 0. The van der Waals surface area contributed by atoms with E-state index in [9.17, 15) is 4.79 Å². The average molecular weight is 315 g/mol. The molecule has 2 heterocycles. The highest BCUT2D eigenvalue weighted by Gasteiger charge is 2.17. The van der Waals surface area contributed by atoms with E-state index in [-0.39, 0.29) is 23.7 Å². The molecule has 21 heavy (non-hydrogen) atoms. The van der Waals surface area contributed by atoms with E-state index < -0.39 is 0 Å². The molecule has 6 nitrogen and oxygen atoms in total. The van der Waals surface area contributed by atoms with Crippen LogP contribution in [0.5, 0.6) is 0 Å². The number of aromatic nitrogens is 2. The Morgan fingerprint density at radius 1 is 1.43 bits per heavy atom. The van der Waals surface area contributed by atoms with Gasteiger partial charge >= 0.3 is 0 Å². The summed E-state index contributed by atoms with van der Waals surface area (Å²) in [6.07, 6.45) is 5.37. The molecule has 1 fully saturated rings. The maximum absolute atomic E-state index is 11.9. The third-order valence-electron chi connectivity index (χ3n) is 3.90. The summed E-state index contributed by atoms with van der Waals surface area (Å²) in [7, 11) is 0. The molecular formula is C14H23ClN4O2. The van der Waals surface area contributed by atoms with Crippen molar-refractivity contribution in [3.05, 3.63) is 21.6 Å². The molecule has 0 aromatic carbocycles. The molecular weight excluding hydrogens is 292 g/mol. The molecule has 0 spiro atoms. The maximum atomic E-state index is 11.9. The molecule has 7 heteroatoms. The lowest BCUT2D eigenvalue weighted by atomic mass is 10.1. The van der Waals surface area contributed by atoms with E-state index >= 15 is 0 Å². The molecule has 1 aliphatic heterocycles. The van der Waals surface area contributed by atoms with Crippen LogP contribution in [-0.2, 0) is 6.54 Å². The molecule has 1 atom stereocenters. The molecule has 118 valence electrons. The molecule has 1 saturated heterocycles. The van der Waals surface area contributed by atoms with Gasteiger partial charge in [0.05, 0.1) is 25.0 Å². The first-order chi connectivity index (χ1) is 10.1. The molecule has 1 aliphatic rings. The Balaban J connectivity index is 1.96. The van der Waals surface area contributed by atoms with Crippen LogP contribution in [0.3, 0.4) is 0 Å². The van der Waals surface area contributed by atoms with Gasteiger partial charge in [0.15, 0.2) is 0 Å². The van der Waals surface area contributed by atoms with E-state index in [4.69, 9.17) is 16.7 Å². The van der Waals surface area contributed by atoms with Crippen LogP contribution in [0.1, 0.15) is 26.2 Å². The van der Waals surface area contributed by atoms with Gasteiger partial charge in [-0.15, -0.1) is 0 Å². The van der Waals surface area contributed by atoms with Crippen molar-refractivity contribution < 1.29 is 5.11 Å². The molecule has 1 aromatic heterocycles. The van der Waals surface area contributed by atoms with Crippen molar-refractivity contribution >= 4 is 17.3 Å². The third-order valence-corrected chi connectivity index (χ3v) is 4.26. The second-order valence-corrected chi connectivity index (χ2v) is 5.83. The zero-order chi connectivity index (χ0) is 15.2. The lowest BCUT2D eigenvalue weighted by Gasteiger charge is -2.32. The van der Waals surface area contributed by atoms with Gasteiger partial charge in [0.25, 0.3) is 5.56 Å². The van der Waals surface area contributed by atoms with Crippen LogP contribution in [-0.4, -0.2) is 52.1 Å². The van der Waals surface area contributed by atoms with Crippen molar-refractivity contribution in [2.24, 2.45) is 0 Å². The maximum Gasteiger partial charge on any atom is 0.287 e. The number of anilines is 1. The molecule has 0 amide bonds. The Labute approximate surface area is 129 Å². The average Bonchev–Trinajstić information content (AvgIpc) is 2.52. The normalized spacial score (nSPS) is 17.7. The van der Waals surface area contributed by atoms with Crippen LogP contribution in [0.25, 0.3) is 0 Å². The SMILES string of the molecule is CC(CNc1cnn(CCO)c(=O)c1Cl)N1CCCCC1. The van der Waals surface area contributed by atoms with Crippen molar-refractivity contribution in [2.45, 2.75) is 38.8 Å². The fourth-order valence-corrected chi connectivity index (χ4v) is 2.80. The lowest BCUT2D eigenvalue weighted by Crippen LogP contribution is -2.41. The van der Waals surface area contributed by atoms with Gasteiger partial charge < -0.3 is 10.4 Å². The Morgan fingerprint density at radius 2 is 2.14 bits per heavy atom. The number of nitrogens with one attached hydrogen (secondary N) is 1. The van der Waals surface area contributed by atoms with Crippen molar-refractivity contribution in [3.8, 4) is 0 Å². The Hall–Kier alpha value is -1.11. The quantitative estimate of drug-likeness (QED) is 0.825. The minimum Gasteiger partial charge on any atom is -0.394 e. The first-order valence-corrected chi connectivity index (χ1v) is 7.85. The standard InChI is InChI=1S/C14H23ClN4O2/c1-11(18-5-3-2-4-6-18)9-16-12-10-17-19(7-8-20)14(21)13(12)15/h10-11,16,20H,2-9H2,1H3. The summed E-state index contributed by atoms with van der Waals surface area (Å²) >= 11 is 6.07. The lowest BCUT2D eigenvalue weighted by molar-refractivity contribution is 0.180. The first-order valence-electron chi connectivity index (χ1n) is 7.48. The number of halogens is 1. The van der Waals surface area contributed by atoms with Crippen LogP contribution in [0, 0.1) is 0 Å². The number of likely N-dealkylation sites (tertiary alicyclic amines) is 1. The van der Waals surface area contributed by atoms with Crippen LogP contribution >= 0.6 is 11.6 Å². The second-order valence-electron chi connectivity index (χ2n) is 5.45. The summed E-state index contributed by atoms with van der Waals surface area (Å²) in [6.45, 7) is 5.18. The minimum absolute atomic E-state index is 0.129. The predicted molar refractivity (Wildman–Crippen MR) is 84.0 cm³/mol. The molecule has 1 aromatic rings. The van der Waals surface area contributed by atoms with Crippen LogP contribution in [0.2, 0.25) is 5.02 Å². The zero-order valence-electron chi connectivity index (χ0n) is 12.4. The topological polar surface area (TPSA) is 70.4 Å². The molecule has 0 aliphatic carbocycles. The van der Waals surface area contributed by atoms with Crippen molar-refractivity contribution in [2.75, 3.05) is 31.6 Å². The van der Waals surface area contributed by atoms with Gasteiger partial charge in [-0.1, -0.05) is 18.0 Å². The van der Waals surface area contributed by atoms with Gasteiger partial charge in [0.2, 0.25) is 0 Å². The Morgan fingerprint density at radius 3 is 2.81 bits per heavy atom. The predicted octanol–water partition coefficient (Wildman–Crippen LogP) is 1.18. The number of aliphatic hydroxyl groups excluding tert-OH is 1.